The van der Waals surface area contributed by atoms with Gasteiger partial charge in [-0.1, -0.05) is 31.8 Å². The summed E-state index contributed by atoms with van der Waals surface area (Å²) in [5, 5.41) is 10.5. The van der Waals surface area contributed by atoms with Gasteiger partial charge in [0.25, 0.3) is 0 Å². The van der Waals surface area contributed by atoms with Crippen molar-refractivity contribution in [2.75, 3.05) is 7.11 Å². The van der Waals surface area contributed by atoms with Crippen LogP contribution >= 0.6 is 0 Å². The lowest BCUT2D eigenvalue weighted by atomic mass is 10.1. The number of benzene rings is 1. The zero-order chi connectivity index (χ0) is 12.7. The molecule has 0 saturated heterocycles. The Morgan fingerprint density at radius 1 is 1.29 bits per heavy atom. The van der Waals surface area contributed by atoms with Crippen LogP contribution < -0.4 is 4.74 Å². The third-order valence-corrected chi connectivity index (χ3v) is 6.59. The van der Waals surface area contributed by atoms with Crippen LogP contribution in [-0.2, 0) is 6.42 Å². The standard InChI is InChI=1S/C14H22O2Si/c1-16-12-7-5-11(6-8-12)9-14(15)10-13(14)17(2,3)4/h5-8,13,15H,9-10H2,1-4H3. The molecule has 1 aliphatic rings. The summed E-state index contributed by atoms with van der Waals surface area (Å²) in [6.07, 6.45) is 1.76. The van der Waals surface area contributed by atoms with Crippen molar-refractivity contribution in [3.8, 4) is 5.75 Å². The van der Waals surface area contributed by atoms with Gasteiger partial charge < -0.3 is 9.84 Å². The van der Waals surface area contributed by atoms with Crippen LogP contribution in [0.4, 0.5) is 0 Å². The van der Waals surface area contributed by atoms with Crippen molar-refractivity contribution < 1.29 is 9.84 Å². The van der Waals surface area contributed by atoms with Crippen molar-refractivity contribution in [1.82, 2.24) is 0 Å². The molecule has 1 aromatic rings. The minimum atomic E-state index is -1.21. The molecule has 0 heterocycles. The lowest BCUT2D eigenvalue weighted by Crippen LogP contribution is -2.27. The first-order valence-electron chi connectivity index (χ1n) is 6.20. The molecule has 2 unspecified atom stereocenters. The van der Waals surface area contributed by atoms with Crippen molar-refractivity contribution in [2.24, 2.45) is 0 Å². The van der Waals surface area contributed by atoms with E-state index in [1.165, 1.54) is 5.56 Å². The van der Waals surface area contributed by atoms with Crippen molar-refractivity contribution in [1.29, 1.82) is 0 Å². The Hall–Kier alpha value is -0.803. The van der Waals surface area contributed by atoms with E-state index in [4.69, 9.17) is 4.74 Å². The van der Waals surface area contributed by atoms with Gasteiger partial charge in [0, 0.05) is 6.42 Å². The second-order valence-corrected chi connectivity index (χ2v) is 11.7. The summed E-state index contributed by atoms with van der Waals surface area (Å²) in [6, 6.07) is 8.03. The van der Waals surface area contributed by atoms with Gasteiger partial charge >= 0.3 is 0 Å². The monoisotopic (exact) mass is 250 g/mol. The minimum absolute atomic E-state index is 0.431. The van der Waals surface area contributed by atoms with Crippen LogP contribution in [0.2, 0.25) is 25.2 Å². The Labute approximate surface area is 105 Å². The molecule has 2 atom stereocenters. The van der Waals surface area contributed by atoms with E-state index in [1.54, 1.807) is 7.11 Å². The fourth-order valence-corrected chi connectivity index (χ4v) is 5.38. The van der Waals surface area contributed by atoms with E-state index in [-0.39, 0.29) is 0 Å². The van der Waals surface area contributed by atoms with Crippen LogP contribution in [0.5, 0.6) is 5.75 Å². The van der Waals surface area contributed by atoms with Crippen molar-refractivity contribution in [3.05, 3.63) is 29.8 Å². The van der Waals surface area contributed by atoms with E-state index >= 15 is 0 Å². The molecule has 1 aliphatic carbocycles. The van der Waals surface area contributed by atoms with Gasteiger partial charge in [0.05, 0.1) is 20.8 Å². The van der Waals surface area contributed by atoms with Gasteiger partial charge in [-0.3, -0.25) is 0 Å². The first-order chi connectivity index (χ1) is 7.85. The molecule has 1 aromatic carbocycles. The predicted octanol–water partition coefficient (Wildman–Crippen LogP) is 3.08. The van der Waals surface area contributed by atoms with Crippen molar-refractivity contribution in [2.45, 2.75) is 43.6 Å². The molecule has 0 radical (unpaired) electrons. The average molecular weight is 250 g/mol. The summed E-state index contributed by atoms with van der Waals surface area (Å²) in [5.74, 6) is 0.873. The van der Waals surface area contributed by atoms with Gasteiger partial charge in [-0.25, -0.2) is 0 Å². The highest BCUT2D eigenvalue weighted by molar-refractivity contribution is 6.78. The van der Waals surface area contributed by atoms with E-state index in [0.717, 1.165) is 18.6 Å². The molecular formula is C14H22O2Si. The van der Waals surface area contributed by atoms with Crippen LogP contribution in [0.1, 0.15) is 12.0 Å². The average Bonchev–Trinajstić information content (AvgIpc) is 2.91. The molecule has 1 saturated carbocycles. The molecule has 2 nitrogen and oxygen atoms in total. The highest BCUT2D eigenvalue weighted by atomic mass is 28.3. The molecule has 94 valence electrons. The van der Waals surface area contributed by atoms with Crippen LogP contribution in [0, 0.1) is 0 Å². The maximum atomic E-state index is 10.5. The first kappa shape index (κ1) is 12.6. The summed E-state index contributed by atoms with van der Waals surface area (Å²) in [7, 11) is 0.466. The molecule has 0 amide bonds. The molecule has 0 bridgehead atoms. The third-order valence-electron chi connectivity index (χ3n) is 3.76. The predicted molar refractivity (Wildman–Crippen MR) is 73.4 cm³/mol. The first-order valence-corrected chi connectivity index (χ1v) is 9.78. The van der Waals surface area contributed by atoms with Crippen LogP contribution in [0.15, 0.2) is 24.3 Å². The number of ether oxygens (including phenoxy) is 1. The van der Waals surface area contributed by atoms with E-state index in [2.05, 4.69) is 31.8 Å². The number of aliphatic hydroxyl groups is 1. The lowest BCUT2D eigenvalue weighted by molar-refractivity contribution is 0.150. The molecule has 1 fully saturated rings. The lowest BCUT2D eigenvalue weighted by Gasteiger charge is -2.19. The zero-order valence-electron chi connectivity index (χ0n) is 11.2. The SMILES string of the molecule is COc1ccc(CC2(O)CC2[Si](C)(C)C)cc1. The topological polar surface area (TPSA) is 29.5 Å². The fourth-order valence-electron chi connectivity index (χ4n) is 2.70. The smallest absolute Gasteiger partial charge is 0.118 e. The second-order valence-electron chi connectivity index (χ2n) is 6.25. The summed E-state index contributed by atoms with van der Waals surface area (Å²) in [4.78, 5) is 0. The van der Waals surface area contributed by atoms with Gasteiger partial charge in [0.2, 0.25) is 0 Å². The van der Waals surface area contributed by atoms with Gasteiger partial charge in [0.15, 0.2) is 0 Å². The van der Waals surface area contributed by atoms with E-state index in [1.807, 2.05) is 12.1 Å². The third kappa shape index (κ3) is 2.72. The van der Waals surface area contributed by atoms with Crippen LogP contribution in [-0.4, -0.2) is 25.9 Å². The van der Waals surface area contributed by atoms with Crippen molar-refractivity contribution >= 4 is 8.07 Å². The minimum Gasteiger partial charge on any atom is -0.497 e. The molecule has 3 heteroatoms. The fraction of sp³-hybridized carbons (Fsp3) is 0.571. The number of rotatable bonds is 4. The Kier molecular flexibility index (Phi) is 3.08. The number of hydrogen-bond acceptors (Lipinski definition) is 2. The van der Waals surface area contributed by atoms with Gasteiger partial charge in [0.1, 0.15) is 5.75 Å². The van der Waals surface area contributed by atoms with Crippen LogP contribution in [0.3, 0.4) is 0 Å². The molecule has 0 aliphatic heterocycles. The Balaban J connectivity index is 2.02. The van der Waals surface area contributed by atoms with E-state index < -0.39 is 13.7 Å². The molecular weight excluding hydrogens is 228 g/mol. The largest absolute Gasteiger partial charge is 0.497 e. The highest BCUT2D eigenvalue weighted by Gasteiger charge is 2.58. The maximum Gasteiger partial charge on any atom is 0.118 e. The second kappa shape index (κ2) is 4.14. The highest BCUT2D eigenvalue weighted by Crippen LogP contribution is 2.56. The van der Waals surface area contributed by atoms with Gasteiger partial charge in [-0.2, -0.15) is 0 Å². The molecule has 2 rings (SSSR count). The molecule has 0 aromatic heterocycles. The van der Waals surface area contributed by atoms with E-state index in [9.17, 15) is 5.11 Å². The zero-order valence-corrected chi connectivity index (χ0v) is 12.2. The van der Waals surface area contributed by atoms with E-state index in [0.29, 0.717) is 5.54 Å². The molecule has 1 N–H and O–H groups in total. The number of hydrogen-bond donors (Lipinski definition) is 1. The molecule has 0 spiro atoms. The Morgan fingerprint density at radius 2 is 1.88 bits per heavy atom. The Morgan fingerprint density at radius 3 is 2.29 bits per heavy atom. The quantitative estimate of drug-likeness (QED) is 0.832. The normalized spacial score (nSPS) is 27.9. The van der Waals surface area contributed by atoms with Crippen LogP contribution in [0.25, 0.3) is 0 Å². The summed E-state index contributed by atoms with van der Waals surface area (Å²) < 4.78 is 5.13. The summed E-state index contributed by atoms with van der Waals surface area (Å²) >= 11 is 0. The summed E-state index contributed by atoms with van der Waals surface area (Å²) in [5.41, 5.74) is 1.32. The summed E-state index contributed by atoms with van der Waals surface area (Å²) in [6.45, 7) is 7.01. The van der Waals surface area contributed by atoms with Gasteiger partial charge in [-0.05, 0) is 29.7 Å². The molecule has 17 heavy (non-hydrogen) atoms. The maximum absolute atomic E-state index is 10.5. The Bertz CT molecular complexity index is 394. The number of methoxy groups -OCH3 is 1. The van der Waals surface area contributed by atoms with Crippen molar-refractivity contribution in [3.63, 3.8) is 0 Å². The van der Waals surface area contributed by atoms with Gasteiger partial charge in [-0.15, -0.1) is 0 Å².